The van der Waals surface area contributed by atoms with E-state index in [1.54, 1.807) is 31.2 Å². The van der Waals surface area contributed by atoms with E-state index in [2.05, 4.69) is 20.7 Å². The van der Waals surface area contributed by atoms with Crippen molar-refractivity contribution >= 4 is 23.5 Å². The van der Waals surface area contributed by atoms with Gasteiger partial charge in [0, 0.05) is 10.6 Å². The fourth-order valence-electron chi connectivity index (χ4n) is 1.81. The number of nitrogens with zero attached hydrogens (tertiary/aromatic N) is 4. The standard InChI is InChI=1S/C13H14ClN5O3/c1-2-10(13(22)15-7-11(20)21)19-17-12(16-18-19)8-3-5-9(14)6-4-8/h3-6,10H,2,7H2,1H3,(H,15,22)(H,20,21). The SMILES string of the molecule is CCC(C(=O)NCC(=O)O)n1nnc(-c2ccc(Cl)cc2)n1. The third-order valence-corrected chi connectivity index (χ3v) is 3.16. The van der Waals surface area contributed by atoms with Gasteiger partial charge >= 0.3 is 5.97 Å². The summed E-state index contributed by atoms with van der Waals surface area (Å²) in [6.07, 6.45) is 0.405. The third-order valence-electron chi connectivity index (χ3n) is 2.91. The molecule has 0 saturated carbocycles. The second kappa shape index (κ2) is 6.99. The highest BCUT2D eigenvalue weighted by atomic mass is 35.5. The van der Waals surface area contributed by atoms with Gasteiger partial charge in [0.1, 0.15) is 6.54 Å². The molecule has 9 heteroatoms. The first kappa shape index (κ1) is 15.9. The Hall–Kier alpha value is -2.48. The molecule has 1 amide bonds. The molecular formula is C13H14ClN5O3. The van der Waals surface area contributed by atoms with Crippen LogP contribution in [0.5, 0.6) is 0 Å². The van der Waals surface area contributed by atoms with Crippen LogP contribution >= 0.6 is 11.6 Å². The van der Waals surface area contributed by atoms with E-state index in [0.29, 0.717) is 17.3 Å². The van der Waals surface area contributed by atoms with E-state index in [9.17, 15) is 9.59 Å². The summed E-state index contributed by atoms with van der Waals surface area (Å²) in [6, 6.07) is 6.18. The van der Waals surface area contributed by atoms with Crippen molar-refractivity contribution in [1.82, 2.24) is 25.5 Å². The molecule has 1 heterocycles. The van der Waals surface area contributed by atoms with Crippen LogP contribution in [0.15, 0.2) is 24.3 Å². The van der Waals surface area contributed by atoms with Crippen molar-refractivity contribution in [2.45, 2.75) is 19.4 Å². The fraction of sp³-hybridized carbons (Fsp3) is 0.308. The molecule has 2 rings (SSSR count). The molecule has 1 aromatic carbocycles. The summed E-state index contributed by atoms with van der Waals surface area (Å²) in [5.74, 6) is -1.22. The molecule has 0 radical (unpaired) electrons. The lowest BCUT2D eigenvalue weighted by molar-refractivity contribution is -0.138. The van der Waals surface area contributed by atoms with Crippen LogP contribution in [0.4, 0.5) is 0 Å². The number of carboxylic acid groups (broad SMARTS) is 1. The first-order chi connectivity index (χ1) is 10.5. The van der Waals surface area contributed by atoms with Gasteiger partial charge in [0.2, 0.25) is 11.7 Å². The molecule has 116 valence electrons. The zero-order valence-corrected chi connectivity index (χ0v) is 12.5. The zero-order valence-electron chi connectivity index (χ0n) is 11.7. The molecule has 1 unspecified atom stereocenters. The molecule has 0 fully saturated rings. The fourth-order valence-corrected chi connectivity index (χ4v) is 1.93. The monoisotopic (exact) mass is 323 g/mol. The van der Waals surface area contributed by atoms with Crippen molar-refractivity contribution in [3.05, 3.63) is 29.3 Å². The number of carboxylic acids is 1. The lowest BCUT2D eigenvalue weighted by Gasteiger charge is -2.12. The van der Waals surface area contributed by atoms with E-state index < -0.39 is 24.5 Å². The van der Waals surface area contributed by atoms with Gasteiger partial charge in [-0.15, -0.1) is 10.2 Å². The molecule has 0 saturated heterocycles. The van der Waals surface area contributed by atoms with Crippen molar-refractivity contribution in [3.8, 4) is 11.4 Å². The molecule has 0 spiro atoms. The van der Waals surface area contributed by atoms with Gasteiger partial charge in [-0.1, -0.05) is 18.5 Å². The number of aromatic nitrogens is 4. The quantitative estimate of drug-likeness (QED) is 0.825. The largest absolute Gasteiger partial charge is 0.480 e. The van der Waals surface area contributed by atoms with Crippen LogP contribution in [0, 0.1) is 0 Å². The Morgan fingerprint density at radius 1 is 1.36 bits per heavy atom. The minimum absolute atomic E-state index is 0.362. The molecule has 2 aromatic rings. The lowest BCUT2D eigenvalue weighted by Crippen LogP contribution is -2.36. The molecule has 2 N–H and O–H groups in total. The molecular weight excluding hydrogens is 310 g/mol. The minimum atomic E-state index is -1.11. The Labute approximate surface area is 131 Å². The van der Waals surface area contributed by atoms with Crippen molar-refractivity contribution in [2.75, 3.05) is 6.54 Å². The van der Waals surface area contributed by atoms with Crippen LogP contribution in [0.2, 0.25) is 5.02 Å². The van der Waals surface area contributed by atoms with Crippen LogP contribution in [-0.2, 0) is 9.59 Å². The van der Waals surface area contributed by atoms with E-state index in [0.717, 1.165) is 5.56 Å². The van der Waals surface area contributed by atoms with Gasteiger partial charge in [-0.3, -0.25) is 9.59 Å². The second-order valence-electron chi connectivity index (χ2n) is 4.48. The maximum Gasteiger partial charge on any atom is 0.322 e. The molecule has 0 aliphatic rings. The van der Waals surface area contributed by atoms with Crippen molar-refractivity contribution in [3.63, 3.8) is 0 Å². The predicted octanol–water partition coefficient (Wildman–Crippen LogP) is 1.15. The van der Waals surface area contributed by atoms with Crippen LogP contribution in [0.25, 0.3) is 11.4 Å². The highest BCUT2D eigenvalue weighted by Crippen LogP contribution is 2.18. The number of halogens is 1. The first-order valence-electron chi connectivity index (χ1n) is 6.56. The average Bonchev–Trinajstić information content (AvgIpc) is 2.96. The van der Waals surface area contributed by atoms with Crippen LogP contribution in [0.3, 0.4) is 0 Å². The highest BCUT2D eigenvalue weighted by molar-refractivity contribution is 6.30. The van der Waals surface area contributed by atoms with E-state index in [1.807, 2.05) is 0 Å². The van der Waals surface area contributed by atoms with E-state index in [1.165, 1.54) is 4.80 Å². The Morgan fingerprint density at radius 3 is 2.64 bits per heavy atom. The van der Waals surface area contributed by atoms with Gasteiger partial charge in [-0.2, -0.15) is 4.80 Å². The summed E-state index contributed by atoms with van der Waals surface area (Å²) in [6.45, 7) is 1.32. The number of aliphatic carboxylic acids is 1. The molecule has 1 atom stereocenters. The topological polar surface area (TPSA) is 110 Å². The Balaban J connectivity index is 2.15. The smallest absolute Gasteiger partial charge is 0.322 e. The van der Waals surface area contributed by atoms with Gasteiger partial charge in [0.25, 0.3) is 0 Å². The number of amides is 1. The van der Waals surface area contributed by atoms with Crippen LogP contribution in [-0.4, -0.2) is 43.7 Å². The molecule has 0 aliphatic carbocycles. The van der Waals surface area contributed by atoms with E-state index in [4.69, 9.17) is 16.7 Å². The third kappa shape index (κ3) is 3.79. The van der Waals surface area contributed by atoms with Crippen molar-refractivity contribution < 1.29 is 14.7 Å². The van der Waals surface area contributed by atoms with Crippen molar-refractivity contribution in [2.24, 2.45) is 0 Å². The summed E-state index contributed by atoms with van der Waals surface area (Å²) in [5, 5.41) is 23.4. The van der Waals surface area contributed by atoms with E-state index in [-0.39, 0.29) is 0 Å². The summed E-state index contributed by atoms with van der Waals surface area (Å²) in [7, 11) is 0. The van der Waals surface area contributed by atoms with Gasteiger partial charge < -0.3 is 10.4 Å². The van der Waals surface area contributed by atoms with Gasteiger partial charge in [0.05, 0.1) is 0 Å². The molecule has 8 nitrogen and oxygen atoms in total. The van der Waals surface area contributed by atoms with Gasteiger partial charge in [-0.05, 0) is 35.9 Å². The van der Waals surface area contributed by atoms with Crippen molar-refractivity contribution in [1.29, 1.82) is 0 Å². The summed E-state index contributed by atoms with van der Waals surface area (Å²) in [4.78, 5) is 23.6. The molecule has 22 heavy (non-hydrogen) atoms. The highest BCUT2D eigenvalue weighted by Gasteiger charge is 2.22. The number of hydrogen-bond acceptors (Lipinski definition) is 5. The Morgan fingerprint density at radius 2 is 2.05 bits per heavy atom. The molecule has 0 bridgehead atoms. The van der Waals surface area contributed by atoms with E-state index >= 15 is 0 Å². The second-order valence-corrected chi connectivity index (χ2v) is 4.91. The van der Waals surface area contributed by atoms with Crippen LogP contribution in [0.1, 0.15) is 19.4 Å². The number of nitrogens with one attached hydrogen (secondary N) is 1. The number of benzene rings is 1. The number of tetrazole rings is 1. The number of rotatable bonds is 6. The minimum Gasteiger partial charge on any atom is -0.480 e. The van der Waals surface area contributed by atoms with Crippen LogP contribution < -0.4 is 5.32 Å². The normalized spacial score (nSPS) is 11.9. The number of hydrogen-bond donors (Lipinski definition) is 2. The average molecular weight is 324 g/mol. The van der Waals surface area contributed by atoms with Gasteiger partial charge in [0.15, 0.2) is 6.04 Å². The maximum atomic E-state index is 11.9. The summed E-state index contributed by atoms with van der Waals surface area (Å²) >= 11 is 5.82. The maximum absolute atomic E-state index is 11.9. The number of carbonyl (C=O) groups excluding carboxylic acids is 1. The Kier molecular flexibility index (Phi) is 5.05. The first-order valence-corrected chi connectivity index (χ1v) is 6.94. The molecule has 0 aliphatic heterocycles. The summed E-state index contributed by atoms with van der Waals surface area (Å²) < 4.78 is 0. The zero-order chi connectivity index (χ0) is 16.1. The Bertz CT molecular complexity index is 671. The molecule has 1 aromatic heterocycles. The number of carbonyl (C=O) groups is 2. The van der Waals surface area contributed by atoms with Gasteiger partial charge in [-0.25, -0.2) is 0 Å². The predicted molar refractivity (Wildman–Crippen MR) is 78.2 cm³/mol. The lowest BCUT2D eigenvalue weighted by atomic mass is 10.2. The summed E-state index contributed by atoms with van der Waals surface area (Å²) in [5.41, 5.74) is 0.719.